The van der Waals surface area contributed by atoms with Crippen LogP contribution in [0.1, 0.15) is 30.6 Å². The molecule has 0 saturated heterocycles. The number of amides is 1. The van der Waals surface area contributed by atoms with Gasteiger partial charge in [0.05, 0.1) is 24.5 Å². The molecule has 0 spiro atoms. The number of carboxylic acids is 1. The summed E-state index contributed by atoms with van der Waals surface area (Å²) in [6.45, 7) is 3.73. The van der Waals surface area contributed by atoms with Gasteiger partial charge in [0.2, 0.25) is 5.91 Å². The standard InChI is InChI=1S/C20H23NO5S/c1-13(2)26-18-9-4-14(20(23)24)12-17(18)21-19(22)10-11-27-16-7-5-15(25-3)6-8-16/h4-9,12-13H,10-11H2,1-3H3,(H,21,22)(H,23,24). The molecule has 6 nitrogen and oxygen atoms in total. The van der Waals surface area contributed by atoms with Crippen molar-refractivity contribution in [3.05, 3.63) is 48.0 Å². The lowest BCUT2D eigenvalue weighted by Gasteiger charge is -2.15. The van der Waals surface area contributed by atoms with Crippen molar-refractivity contribution in [3.63, 3.8) is 0 Å². The molecule has 2 rings (SSSR count). The molecule has 2 aromatic rings. The van der Waals surface area contributed by atoms with E-state index in [4.69, 9.17) is 14.6 Å². The van der Waals surface area contributed by atoms with Gasteiger partial charge in [0.1, 0.15) is 11.5 Å². The zero-order chi connectivity index (χ0) is 19.8. The monoisotopic (exact) mass is 389 g/mol. The number of carbonyl (C=O) groups excluding carboxylic acids is 1. The number of ether oxygens (including phenoxy) is 2. The molecule has 1 amide bonds. The van der Waals surface area contributed by atoms with E-state index in [1.165, 1.54) is 12.1 Å². The molecule has 0 atom stereocenters. The molecule has 2 aromatic carbocycles. The SMILES string of the molecule is COc1ccc(SCCC(=O)Nc2cc(C(=O)O)ccc2OC(C)C)cc1. The maximum atomic E-state index is 12.3. The van der Waals surface area contributed by atoms with E-state index >= 15 is 0 Å². The molecule has 0 aliphatic rings. The van der Waals surface area contributed by atoms with Crippen LogP contribution in [0.15, 0.2) is 47.4 Å². The molecule has 0 bridgehead atoms. The van der Waals surface area contributed by atoms with Gasteiger partial charge in [0.15, 0.2) is 0 Å². The van der Waals surface area contributed by atoms with Crippen molar-refractivity contribution < 1.29 is 24.2 Å². The first kappa shape index (κ1) is 20.6. The summed E-state index contributed by atoms with van der Waals surface area (Å²) in [7, 11) is 1.61. The van der Waals surface area contributed by atoms with Crippen molar-refractivity contribution in [1.29, 1.82) is 0 Å². The van der Waals surface area contributed by atoms with Gasteiger partial charge < -0.3 is 19.9 Å². The van der Waals surface area contributed by atoms with Crippen molar-refractivity contribution in [2.45, 2.75) is 31.3 Å². The van der Waals surface area contributed by atoms with E-state index in [2.05, 4.69) is 5.32 Å². The number of benzene rings is 2. The fourth-order valence-corrected chi connectivity index (χ4v) is 3.12. The van der Waals surface area contributed by atoms with Gasteiger partial charge in [0.25, 0.3) is 0 Å². The number of aromatic carboxylic acids is 1. The summed E-state index contributed by atoms with van der Waals surface area (Å²) in [6.07, 6.45) is 0.191. The average molecular weight is 389 g/mol. The smallest absolute Gasteiger partial charge is 0.335 e. The average Bonchev–Trinajstić information content (AvgIpc) is 2.63. The highest BCUT2D eigenvalue weighted by Gasteiger charge is 2.13. The predicted molar refractivity (Wildman–Crippen MR) is 106 cm³/mol. The molecule has 0 heterocycles. The van der Waals surface area contributed by atoms with Crippen LogP contribution in [0.2, 0.25) is 0 Å². The first-order chi connectivity index (χ1) is 12.9. The van der Waals surface area contributed by atoms with Gasteiger partial charge in [-0.25, -0.2) is 4.79 Å². The van der Waals surface area contributed by atoms with Crippen molar-refractivity contribution >= 4 is 29.3 Å². The van der Waals surface area contributed by atoms with Gasteiger partial charge in [-0.1, -0.05) is 0 Å². The highest BCUT2D eigenvalue weighted by Crippen LogP contribution is 2.28. The van der Waals surface area contributed by atoms with Crippen molar-refractivity contribution in [3.8, 4) is 11.5 Å². The fourth-order valence-electron chi connectivity index (χ4n) is 2.26. The van der Waals surface area contributed by atoms with Gasteiger partial charge in [-0.2, -0.15) is 0 Å². The van der Waals surface area contributed by atoms with E-state index < -0.39 is 5.97 Å². The molecule has 0 aliphatic heterocycles. The van der Waals surface area contributed by atoms with Crippen LogP contribution >= 0.6 is 11.8 Å². The minimum absolute atomic E-state index is 0.0917. The Labute approximate surface area is 162 Å². The highest BCUT2D eigenvalue weighted by atomic mass is 32.2. The molecule has 0 unspecified atom stereocenters. The summed E-state index contributed by atoms with van der Waals surface area (Å²) in [5.74, 6) is 0.569. The lowest BCUT2D eigenvalue weighted by atomic mass is 10.2. The van der Waals surface area contributed by atoms with Gasteiger partial charge in [-0.3, -0.25) is 4.79 Å². The van der Waals surface area contributed by atoms with Gasteiger partial charge in [0, 0.05) is 17.1 Å². The van der Waals surface area contributed by atoms with E-state index in [-0.39, 0.29) is 24.0 Å². The number of hydrogen-bond donors (Lipinski definition) is 2. The molecular formula is C20H23NO5S. The minimum atomic E-state index is -1.06. The molecule has 0 saturated carbocycles. The Hall–Kier alpha value is -2.67. The minimum Gasteiger partial charge on any atom is -0.497 e. The molecule has 2 N–H and O–H groups in total. The number of methoxy groups -OCH3 is 1. The Bertz CT molecular complexity index is 789. The largest absolute Gasteiger partial charge is 0.497 e. The van der Waals surface area contributed by atoms with E-state index in [9.17, 15) is 9.59 Å². The summed E-state index contributed by atoms with van der Waals surface area (Å²) in [6, 6.07) is 12.0. The third kappa shape index (κ3) is 6.53. The molecule has 7 heteroatoms. The highest BCUT2D eigenvalue weighted by molar-refractivity contribution is 7.99. The second-order valence-electron chi connectivity index (χ2n) is 6.00. The second-order valence-corrected chi connectivity index (χ2v) is 7.17. The third-order valence-electron chi connectivity index (χ3n) is 3.52. The fraction of sp³-hybridized carbons (Fsp3) is 0.300. The molecule has 0 radical (unpaired) electrons. The predicted octanol–water partition coefficient (Wildman–Crippen LogP) is 4.30. The van der Waals surface area contributed by atoms with Crippen LogP contribution in [-0.2, 0) is 4.79 Å². The summed E-state index contributed by atoms with van der Waals surface area (Å²) < 4.78 is 10.8. The van der Waals surface area contributed by atoms with Crippen LogP contribution in [-0.4, -0.2) is 35.9 Å². The normalized spacial score (nSPS) is 10.5. The zero-order valence-electron chi connectivity index (χ0n) is 15.5. The van der Waals surface area contributed by atoms with E-state index in [1.54, 1.807) is 24.9 Å². The van der Waals surface area contributed by atoms with Gasteiger partial charge in [-0.15, -0.1) is 11.8 Å². The summed E-state index contributed by atoms with van der Waals surface area (Å²) in [5, 5.41) is 11.9. The molecule has 0 aliphatic carbocycles. The topological polar surface area (TPSA) is 84.9 Å². The van der Waals surface area contributed by atoms with Crippen molar-refractivity contribution in [2.24, 2.45) is 0 Å². The van der Waals surface area contributed by atoms with Gasteiger partial charge in [-0.05, 0) is 56.3 Å². The first-order valence-corrected chi connectivity index (χ1v) is 9.48. The summed E-state index contributed by atoms with van der Waals surface area (Å²) >= 11 is 1.56. The van der Waals surface area contributed by atoms with E-state index in [0.717, 1.165) is 10.6 Å². The van der Waals surface area contributed by atoms with Crippen LogP contribution in [0, 0.1) is 0 Å². The summed E-state index contributed by atoms with van der Waals surface area (Å²) in [4.78, 5) is 24.5. The summed E-state index contributed by atoms with van der Waals surface area (Å²) in [5.41, 5.74) is 0.456. The number of hydrogen-bond acceptors (Lipinski definition) is 5. The lowest BCUT2D eigenvalue weighted by Crippen LogP contribution is -2.15. The maximum Gasteiger partial charge on any atom is 0.335 e. The first-order valence-electron chi connectivity index (χ1n) is 8.49. The van der Waals surface area contributed by atoms with Crippen molar-refractivity contribution in [2.75, 3.05) is 18.2 Å². The second kappa shape index (κ2) is 9.87. The Morgan fingerprint density at radius 2 is 1.85 bits per heavy atom. The number of nitrogens with one attached hydrogen (secondary N) is 1. The number of carbonyl (C=O) groups is 2. The van der Waals surface area contributed by atoms with Crippen LogP contribution in [0.4, 0.5) is 5.69 Å². The number of thioether (sulfide) groups is 1. The number of anilines is 1. The van der Waals surface area contributed by atoms with Crippen LogP contribution in [0.25, 0.3) is 0 Å². The van der Waals surface area contributed by atoms with Gasteiger partial charge >= 0.3 is 5.97 Å². The van der Waals surface area contributed by atoms with E-state index in [0.29, 0.717) is 17.2 Å². The van der Waals surface area contributed by atoms with Crippen LogP contribution in [0.3, 0.4) is 0 Å². The van der Waals surface area contributed by atoms with Crippen LogP contribution in [0.5, 0.6) is 11.5 Å². The Kier molecular flexibility index (Phi) is 7.55. The molecule has 0 fully saturated rings. The molecule has 144 valence electrons. The molecule has 0 aromatic heterocycles. The number of rotatable bonds is 9. The lowest BCUT2D eigenvalue weighted by molar-refractivity contribution is -0.115. The van der Waals surface area contributed by atoms with Crippen molar-refractivity contribution in [1.82, 2.24) is 0 Å². The Balaban J connectivity index is 1.96. The Morgan fingerprint density at radius 3 is 2.44 bits per heavy atom. The maximum absolute atomic E-state index is 12.3. The van der Waals surface area contributed by atoms with E-state index in [1.807, 2.05) is 38.1 Å². The third-order valence-corrected chi connectivity index (χ3v) is 4.53. The molecule has 27 heavy (non-hydrogen) atoms. The zero-order valence-corrected chi connectivity index (χ0v) is 16.3. The Morgan fingerprint density at radius 1 is 1.15 bits per heavy atom. The quantitative estimate of drug-likeness (QED) is 0.622. The van der Waals surface area contributed by atoms with Crippen LogP contribution < -0.4 is 14.8 Å². The molecular weight excluding hydrogens is 366 g/mol. The number of carboxylic acid groups (broad SMARTS) is 1.